The fraction of sp³-hybridized carbons (Fsp3) is 0.222. The highest BCUT2D eigenvalue weighted by atomic mass is 19.1. The van der Waals surface area contributed by atoms with Crippen LogP contribution in [0.1, 0.15) is 15.9 Å². The fourth-order valence-electron chi connectivity index (χ4n) is 2.10. The Morgan fingerprint density at radius 3 is 2.48 bits per heavy atom. The lowest BCUT2D eigenvalue weighted by Gasteiger charge is -2.11. The number of rotatable bonds is 6. The molecule has 0 saturated heterocycles. The molecule has 0 bridgehead atoms. The average Bonchev–Trinajstić information content (AvgIpc) is 2.59. The smallest absolute Gasteiger partial charge is 0.341 e. The zero-order valence-electron chi connectivity index (χ0n) is 14.1. The molecular weight excluding hydrogens is 329 g/mol. The number of ether oxygens (including phenoxy) is 3. The first-order valence-corrected chi connectivity index (χ1v) is 7.39. The summed E-state index contributed by atoms with van der Waals surface area (Å²) in [5, 5.41) is 2.59. The summed E-state index contributed by atoms with van der Waals surface area (Å²) >= 11 is 0. The number of amides is 1. The van der Waals surface area contributed by atoms with Crippen molar-refractivity contribution in [2.45, 2.75) is 6.92 Å². The van der Waals surface area contributed by atoms with Gasteiger partial charge in [0.2, 0.25) is 0 Å². The summed E-state index contributed by atoms with van der Waals surface area (Å²) in [4.78, 5) is 23.8. The molecule has 0 aliphatic rings. The van der Waals surface area contributed by atoms with Gasteiger partial charge in [0.15, 0.2) is 6.61 Å². The lowest BCUT2D eigenvalue weighted by Crippen LogP contribution is -2.21. The van der Waals surface area contributed by atoms with Crippen LogP contribution in [0.5, 0.6) is 11.5 Å². The maximum absolute atomic E-state index is 13.8. The molecule has 0 fully saturated rings. The highest BCUT2D eigenvalue weighted by Crippen LogP contribution is 2.25. The maximum atomic E-state index is 13.8. The quantitative estimate of drug-likeness (QED) is 0.813. The van der Waals surface area contributed by atoms with E-state index < -0.39 is 24.3 Å². The van der Waals surface area contributed by atoms with Crippen LogP contribution in [0.15, 0.2) is 36.4 Å². The molecule has 0 aromatic heterocycles. The minimum absolute atomic E-state index is 0.276. The van der Waals surface area contributed by atoms with Gasteiger partial charge in [-0.2, -0.15) is 0 Å². The Morgan fingerprint density at radius 1 is 1.08 bits per heavy atom. The third kappa shape index (κ3) is 4.69. The van der Waals surface area contributed by atoms with Crippen LogP contribution in [-0.2, 0) is 9.53 Å². The standard InChI is InChI=1S/C18H18FNO5/c1-11-4-7-16(24-3)15(8-11)20-17(21)10-25-18(22)13-6-5-12(23-2)9-14(13)19/h4-9H,10H2,1-3H3,(H,20,21). The summed E-state index contributed by atoms with van der Waals surface area (Å²) in [5.41, 5.74) is 1.11. The van der Waals surface area contributed by atoms with Crippen molar-refractivity contribution in [2.24, 2.45) is 0 Å². The molecule has 0 saturated carbocycles. The Balaban J connectivity index is 1.98. The van der Waals surface area contributed by atoms with Gasteiger partial charge in [-0.05, 0) is 36.8 Å². The van der Waals surface area contributed by atoms with E-state index in [9.17, 15) is 14.0 Å². The molecule has 132 valence electrons. The number of halogens is 1. The van der Waals surface area contributed by atoms with Crippen molar-refractivity contribution in [3.63, 3.8) is 0 Å². The van der Waals surface area contributed by atoms with Gasteiger partial charge in [0.1, 0.15) is 17.3 Å². The molecule has 6 nitrogen and oxygen atoms in total. The molecule has 2 aromatic carbocycles. The number of carbonyl (C=O) groups excluding carboxylic acids is 2. The van der Waals surface area contributed by atoms with Crippen LogP contribution in [-0.4, -0.2) is 32.7 Å². The fourth-order valence-corrected chi connectivity index (χ4v) is 2.10. The number of carbonyl (C=O) groups is 2. The minimum atomic E-state index is -0.938. The van der Waals surface area contributed by atoms with Gasteiger partial charge in [0.25, 0.3) is 5.91 Å². The van der Waals surface area contributed by atoms with Crippen LogP contribution in [0.3, 0.4) is 0 Å². The van der Waals surface area contributed by atoms with Gasteiger partial charge in [-0.15, -0.1) is 0 Å². The van der Waals surface area contributed by atoms with Crippen LogP contribution in [0.2, 0.25) is 0 Å². The molecule has 7 heteroatoms. The largest absolute Gasteiger partial charge is 0.497 e. The van der Waals surface area contributed by atoms with Crippen molar-refractivity contribution < 1.29 is 28.2 Å². The lowest BCUT2D eigenvalue weighted by molar-refractivity contribution is -0.119. The van der Waals surface area contributed by atoms with E-state index in [4.69, 9.17) is 14.2 Å². The molecule has 0 heterocycles. The van der Waals surface area contributed by atoms with E-state index in [2.05, 4.69) is 5.32 Å². The Kier molecular flexibility index (Phi) is 5.94. The van der Waals surface area contributed by atoms with Crippen LogP contribution in [0.25, 0.3) is 0 Å². The number of anilines is 1. The van der Waals surface area contributed by atoms with E-state index in [-0.39, 0.29) is 11.3 Å². The zero-order chi connectivity index (χ0) is 18.4. The van der Waals surface area contributed by atoms with Crippen LogP contribution in [0.4, 0.5) is 10.1 Å². The maximum Gasteiger partial charge on any atom is 0.341 e. The summed E-state index contributed by atoms with van der Waals surface area (Å²) in [6.07, 6.45) is 0. The first-order valence-electron chi connectivity index (χ1n) is 7.39. The molecule has 0 aliphatic heterocycles. The Morgan fingerprint density at radius 2 is 1.84 bits per heavy atom. The summed E-state index contributed by atoms with van der Waals surface area (Å²) in [6.45, 7) is 1.31. The molecule has 2 aromatic rings. The van der Waals surface area contributed by atoms with Gasteiger partial charge in [0.05, 0.1) is 25.5 Å². The van der Waals surface area contributed by atoms with Gasteiger partial charge in [0, 0.05) is 6.07 Å². The zero-order valence-corrected chi connectivity index (χ0v) is 14.1. The van der Waals surface area contributed by atoms with Crippen molar-refractivity contribution in [2.75, 3.05) is 26.1 Å². The van der Waals surface area contributed by atoms with Gasteiger partial charge < -0.3 is 19.5 Å². The third-order valence-corrected chi connectivity index (χ3v) is 3.36. The van der Waals surface area contributed by atoms with Gasteiger partial charge >= 0.3 is 5.97 Å². The Labute approximate surface area is 144 Å². The van der Waals surface area contributed by atoms with Crippen LogP contribution >= 0.6 is 0 Å². The minimum Gasteiger partial charge on any atom is -0.497 e. The Hall–Kier alpha value is -3.09. The monoisotopic (exact) mass is 347 g/mol. The molecule has 0 aliphatic carbocycles. The van der Waals surface area contributed by atoms with E-state index in [1.54, 1.807) is 12.1 Å². The van der Waals surface area contributed by atoms with E-state index in [0.717, 1.165) is 11.6 Å². The number of aryl methyl sites for hydroxylation is 1. The molecular formula is C18H18FNO5. The van der Waals surface area contributed by atoms with Crippen molar-refractivity contribution in [3.8, 4) is 11.5 Å². The average molecular weight is 347 g/mol. The van der Waals surface area contributed by atoms with Crippen molar-refractivity contribution in [1.29, 1.82) is 0 Å². The number of esters is 1. The van der Waals surface area contributed by atoms with E-state index in [1.807, 2.05) is 13.0 Å². The predicted molar refractivity (Wildman–Crippen MR) is 89.6 cm³/mol. The number of hydrogen-bond acceptors (Lipinski definition) is 5. The normalized spacial score (nSPS) is 10.1. The molecule has 0 radical (unpaired) electrons. The SMILES string of the molecule is COc1ccc(C(=O)OCC(=O)Nc2cc(C)ccc2OC)c(F)c1. The predicted octanol–water partition coefficient (Wildman–Crippen LogP) is 2.95. The van der Waals surface area contributed by atoms with E-state index in [1.165, 1.54) is 26.4 Å². The summed E-state index contributed by atoms with van der Waals surface area (Å²) < 4.78 is 28.7. The number of methoxy groups -OCH3 is 2. The van der Waals surface area contributed by atoms with E-state index >= 15 is 0 Å². The van der Waals surface area contributed by atoms with Gasteiger partial charge in [-0.1, -0.05) is 6.07 Å². The van der Waals surface area contributed by atoms with Crippen molar-refractivity contribution in [3.05, 3.63) is 53.3 Å². The highest BCUT2D eigenvalue weighted by Gasteiger charge is 2.16. The van der Waals surface area contributed by atoms with Gasteiger partial charge in [-0.25, -0.2) is 9.18 Å². The number of nitrogens with one attached hydrogen (secondary N) is 1. The topological polar surface area (TPSA) is 73.9 Å². The number of hydrogen-bond donors (Lipinski definition) is 1. The third-order valence-electron chi connectivity index (χ3n) is 3.36. The molecule has 1 amide bonds. The number of benzene rings is 2. The van der Waals surface area contributed by atoms with Crippen LogP contribution < -0.4 is 14.8 Å². The second-order valence-corrected chi connectivity index (χ2v) is 5.17. The summed E-state index contributed by atoms with van der Waals surface area (Å²) in [7, 11) is 2.86. The van der Waals surface area contributed by atoms with E-state index in [0.29, 0.717) is 11.4 Å². The molecule has 25 heavy (non-hydrogen) atoms. The Bertz CT molecular complexity index is 791. The van der Waals surface area contributed by atoms with Crippen LogP contribution in [0, 0.1) is 12.7 Å². The first kappa shape index (κ1) is 18.3. The second-order valence-electron chi connectivity index (χ2n) is 5.17. The summed E-state index contributed by atoms with van der Waals surface area (Å²) in [6, 6.07) is 9.00. The second kappa shape index (κ2) is 8.14. The first-order chi connectivity index (χ1) is 11.9. The summed E-state index contributed by atoms with van der Waals surface area (Å²) in [5.74, 6) is -1.53. The van der Waals surface area contributed by atoms with Gasteiger partial charge in [-0.3, -0.25) is 4.79 Å². The molecule has 0 unspecified atom stereocenters. The van der Waals surface area contributed by atoms with Crippen molar-refractivity contribution in [1.82, 2.24) is 0 Å². The molecule has 0 spiro atoms. The van der Waals surface area contributed by atoms with Crippen molar-refractivity contribution >= 4 is 17.6 Å². The highest BCUT2D eigenvalue weighted by molar-refractivity contribution is 5.96. The molecule has 2 rings (SSSR count). The molecule has 0 atom stereocenters. The molecule has 1 N–H and O–H groups in total. The lowest BCUT2D eigenvalue weighted by atomic mass is 10.2.